The van der Waals surface area contributed by atoms with Gasteiger partial charge in [0.1, 0.15) is 0 Å². The molecule has 0 aliphatic heterocycles. The van der Waals surface area contributed by atoms with E-state index < -0.39 is 39.1 Å². The maximum atomic E-state index is 8.55. The van der Waals surface area contributed by atoms with Crippen molar-refractivity contribution in [2.45, 2.75) is 0 Å². The topological polar surface area (TPSA) is 707 Å². The number of rotatable bonds is 0. The molecular weight excluding hydrogens is 981 g/mol. The Bertz CT molecular complexity index is 405. The van der Waals surface area contributed by atoms with Crippen molar-refractivity contribution in [2.24, 2.45) is 0 Å². The summed E-state index contributed by atoms with van der Waals surface area (Å²) in [5.41, 5.74) is 0. The van der Waals surface area contributed by atoms with E-state index in [9.17, 15) is 0 Å². The summed E-state index contributed by atoms with van der Waals surface area (Å²) in [6.45, 7) is 0. The first kappa shape index (κ1) is 161. The van der Waals surface area contributed by atoms with Crippen LogP contribution in [0.3, 0.4) is 0 Å². The van der Waals surface area contributed by atoms with Gasteiger partial charge in [-0.3, -0.25) is 0 Å². The predicted octanol–water partition coefficient (Wildman–Crippen LogP) is -19.8. The molecule has 0 fully saturated rings. The van der Waals surface area contributed by atoms with Gasteiger partial charge in [0.25, 0.3) is 0 Å². The second-order valence-electron chi connectivity index (χ2n) is 2.24. The molecule has 0 saturated carbocycles. The van der Waals surface area contributed by atoms with Gasteiger partial charge in [0.15, 0.2) is 0 Å². The van der Waals surface area contributed by atoms with E-state index in [1.165, 1.54) is 0 Å². The van der Waals surface area contributed by atoms with Crippen LogP contribution in [0, 0.1) is 0 Å². The Balaban J connectivity index is -0.00000000541. The molecule has 268 valence electrons. The van der Waals surface area contributed by atoms with Gasteiger partial charge in [-0.2, -0.15) is 39.1 Å². The van der Waals surface area contributed by atoms with Crippen molar-refractivity contribution in [1.82, 2.24) is 0 Å². The minimum Gasteiger partial charge on any atom is -0.870 e. The SMILES string of the molecule is O.O.O.O.O=P([O-])([O-])[O-].O=P([O-])([O-])[O-].O=P([O-])([O-])[O-].O=P([O-])([O-])[O-].O=P([O-])([O-])[O-].[Al+3].[Al+3].[Al+3].[Al+3].[Cu+2].[Cu+2].[Cu+2].[Cu+2].[OH-].[OH-].[OH-].[OH-].[OH-]. The monoisotopic (exact) mass is 991 g/mol. The Kier molecular flexibility index (Phi) is 289. The zero-order chi connectivity index (χ0) is 22.5. The molecule has 4 radical (unpaired) electrons. The zero-order valence-electron chi connectivity index (χ0n) is 18.2. The summed E-state index contributed by atoms with van der Waals surface area (Å²) in [4.78, 5) is 128. The second kappa shape index (κ2) is 75.6. The molecule has 0 unspecified atom stereocenters. The predicted molar refractivity (Wildman–Crippen MR) is 85.2 cm³/mol. The number of hydrogen-bond acceptors (Lipinski definition) is 25. The minimum atomic E-state index is -5.39. The molecular formula is H13Al4Cu4O29P5. The van der Waals surface area contributed by atoms with Gasteiger partial charge in [-0.25, -0.2) is 0 Å². The van der Waals surface area contributed by atoms with E-state index in [-0.39, 0.29) is 187 Å². The average Bonchev–Trinajstić information content (AvgIpc) is 1.79. The molecule has 0 heterocycles. The molecule has 29 nitrogen and oxygen atoms in total. The van der Waals surface area contributed by atoms with E-state index >= 15 is 0 Å². The van der Waals surface area contributed by atoms with Gasteiger partial charge < -0.3 is 146 Å². The summed E-state index contributed by atoms with van der Waals surface area (Å²) < 4.78 is 42.7. The molecule has 0 amide bonds. The molecule has 0 aromatic rings. The Hall–Kier alpha value is 4.40. The van der Waals surface area contributed by atoms with Crippen LogP contribution in [0.5, 0.6) is 0 Å². The van der Waals surface area contributed by atoms with Crippen LogP contribution in [0.15, 0.2) is 0 Å². The Labute approximate surface area is 319 Å². The van der Waals surface area contributed by atoms with E-state index in [0.29, 0.717) is 0 Å². The van der Waals surface area contributed by atoms with Crippen LogP contribution in [-0.4, -0.2) is 119 Å². The van der Waals surface area contributed by atoms with Crippen LogP contribution in [0.25, 0.3) is 0 Å². The molecule has 42 heavy (non-hydrogen) atoms. The molecule has 0 aromatic carbocycles. The first-order valence-corrected chi connectivity index (χ1v) is 11.0. The summed E-state index contributed by atoms with van der Waals surface area (Å²) in [5, 5.41) is 0. The van der Waals surface area contributed by atoms with Crippen molar-refractivity contribution in [3.8, 4) is 0 Å². The molecule has 13 N–H and O–H groups in total. The average molecular weight is 994 g/mol. The number of hydrogen-bond donors (Lipinski definition) is 0. The van der Waals surface area contributed by atoms with E-state index in [4.69, 9.17) is 96.2 Å². The Morgan fingerprint density at radius 2 is 0.238 bits per heavy atom. The van der Waals surface area contributed by atoms with E-state index in [1.807, 2.05) is 0 Å². The molecule has 0 atom stereocenters. The maximum absolute atomic E-state index is 8.55. The summed E-state index contributed by atoms with van der Waals surface area (Å²) in [6, 6.07) is 0. The molecule has 0 rings (SSSR count). The molecule has 0 bridgehead atoms. The van der Waals surface area contributed by atoms with E-state index in [2.05, 4.69) is 0 Å². The van der Waals surface area contributed by atoms with Gasteiger partial charge in [0.2, 0.25) is 0 Å². The third kappa shape index (κ3) is 4320. The van der Waals surface area contributed by atoms with Crippen LogP contribution >= 0.6 is 39.1 Å². The van der Waals surface area contributed by atoms with Gasteiger partial charge in [-0.15, -0.1) is 0 Å². The third-order valence-corrected chi connectivity index (χ3v) is 0. The fourth-order valence-electron chi connectivity index (χ4n) is 0. The summed E-state index contributed by atoms with van der Waals surface area (Å²) in [5.74, 6) is 0. The Morgan fingerprint density at radius 1 is 0.238 bits per heavy atom. The molecule has 0 spiro atoms. The second-order valence-corrected chi connectivity index (χ2v) is 6.71. The van der Waals surface area contributed by atoms with Crippen molar-refractivity contribution in [3.63, 3.8) is 0 Å². The van der Waals surface area contributed by atoms with E-state index in [1.54, 1.807) is 0 Å². The largest absolute Gasteiger partial charge is 3.00 e. The summed E-state index contributed by atoms with van der Waals surface area (Å²) in [7, 11) is -26.9. The third-order valence-electron chi connectivity index (χ3n) is 0. The van der Waals surface area contributed by atoms with Gasteiger partial charge >= 0.3 is 138 Å². The first-order valence-electron chi connectivity index (χ1n) is 3.65. The van der Waals surface area contributed by atoms with Crippen LogP contribution in [0.4, 0.5) is 0 Å². The van der Waals surface area contributed by atoms with Crippen LogP contribution in [0.2, 0.25) is 0 Å². The fraction of sp³-hybridized carbons (Fsp3) is 0. The normalized spacial score (nSPS) is 7.02. The molecule has 0 aliphatic rings. The van der Waals surface area contributed by atoms with Crippen LogP contribution < -0.4 is 73.4 Å². The van der Waals surface area contributed by atoms with Gasteiger partial charge in [-0.05, 0) is 0 Å². The quantitative estimate of drug-likeness (QED) is 0.161. The molecule has 0 aliphatic carbocycles. The van der Waals surface area contributed by atoms with Crippen molar-refractivity contribution >= 4 is 109 Å². The van der Waals surface area contributed by atoms with Crippen molar-refractivity contribution in [2.75, 3.05) is 0 Å². The van der Waals surface area contributed by atoms with Gasteiger partial charge in [0.05, 0.1) is 0 Å². The summed E-state index contributed by atoms with van der Waals surface area (Å²) >= 11 is 0. The maximum Gasteiger partial charge on any atom is 3.00 e. The molecule has 0 saturated heterocycles. The number of phosphoric acid groups is 5. The van der Waals surface area contributed by atoms with Gasteiger partial charge in [-0.1, -0.05) is 0 Å². The molecule has 0 aromatic heterocycles. The van der Waals surface area contributed by atoms with Gasteiger partial charge in [0, 0.05) is 0 Å². The summed E-state index contributed by atoms with van der Waals surface area (Å²) in [6.07, 6.45) is 0. The smallest absolute Gasteiger partial charge is 0.870 e. The van der Waals surface area contributed by atoms with Crippen LogP contribution in [-0.2, 0) is 91.1 Å². The van der Waals surface area contributed by atoms with E-state index in [0.717, 1.165) is 0 Å². The molecule has 42 heteroatoms. The van der Waals surface area contributed by atoms with Crippen LogP contribution in [0.1, 0.15) is 0 Å². The van der Waals surface area contributed by atoms with Crippen molar-refractivity contribution < 1.29 is 214 Å². The zero-order valence-corrected chi connectivity index (χ0v) is 31.0. The van der Waals surface area contributed by atoms with Crippen molar-refractivity contribution in [3.05, 3.63) is 0 Å². The fourth-order valence-corrected chi connectivity index (χ4v) is 0. The Morgan fingerprint density at radius 3 is 0.238 bits per heavy atom. The van der Waals surface area contributed by atoms with Crippen molar-refractivity contribution in [1.29, 1.82) is 0 Å². The standard InChI is InChI=1S/4Al.4Cu.5H3O4P.9H2O/c;;;;;;;;5*1-5(2,3)4;;;;;;;;;/h;;;;;;;;5*(H3,1,2,3,4);9*1H2/q4*+3;4*+2;;;;;;;;;;;;;;/p-20. The first-order chi connectivity index (χ1) is 10.0. The minimum absolute atomic E-state index is 0.